The number of nitrogens with one attached hydrogen (secondary N) is 2. The summed E-state index contributed by atoms with van der Waals surface area (Å²) in [6, 6.07) is 7.50. The van der Waals surface area contributed by atoms with Crippen LogP contribution in [-0.2, 0) is 4.79 Å². The zero-order chi connectivity index (χ0) is 14.9. The van der Waals surface area contributed by atoms with Crippen LogP contribution in [0.2, 0.25) is 0 Å². The van der Waals surface area contributed by atoms with Gasteiger partial charge in [-0.25, -0.2) is 0 Å². The Morgan fingerprint density at radius 1 is 1.10 bits per heavy atom. The van der Waals surface area contributed by atoms with Gasteiger partial charge < -0.3 is 10.6 Å². The zero-order valence-corrected chi connectivity index (χ0v) is 12.4. The van der Waals surface area contributed by atoms with Gasteiger partial charge in [0.05, 0.1) is 0 Å². The molecule has 2 N–H and O–H groups in total. The van der Waals surface area contributed by atoms with Crippen LogP contribution in [0.3, 0.4) is 0 Å². The van der Waals surface area contributed by atoms with E-state index in [2.05, 4.69) is 10.6 Å². The number of amides is 2. The second-order valence-corrected chi connectivity index (χ2v) is 6.55. The number of anilines is 1. The van der Waals surface area contributed by atoms with E-state index < -0.39 is 0 Å². The number of carbonyl (C=O) groups excluding carboxylic acids is 2. The Labute approximate surface area is 125 Å². The molecule has 2 amide bonds. The highest BCUT2D eigenvalue weighted by Gasteiger charge is 2.36. The van der Waals surface area contributed by atoms with Gasteiger partial charge >= 0.3 is 0 Å². The first-order chi connectivity index (χ1) is 10.1. The Hall–Kier alpha value is -1.84. The Morgan fingerprint density at radius 3 is 2.29 bits per heavy atom. The largest absolute Gasteiger partial charge is 0.349 e. The minimum atomic E-state index is -0.234. The summed E-state index contributed by atoms with van der Waals surface area (Å²) in [7, 11) is 0. The Kier molecular flexibility index (Phi) is 3.70. The third kappa shape index (κ3) is 3.26. The van der Waals surface area contributed by atoms with Crippen LogP contribution in [0, 0.1) is 5.41 Å². The Bertz CT molecular complexity index is 540. The average Bonchev–Trinajstić information content (AvgIpc) is 3.17. The average molecular weight is 286 g/mol. The van der Waals surface area contributed by atoms with Crippen molar-refractivity contribution >= 4 is 17.5 Å². The number of hydrogen-bond donors (Lipinski definition) is 2. The molecule has 0 radical (unpaired) electrons. The van der Waals surface area contributed by atoms with Crippen molar-refractivity contribution in [3.63, 3.8) is 0 Å². The lowest BCUT2D eigenvalue weighted by Crippen LogP contribution is -2.30. The van der Waals surface area contributed by atoms with Gasteiger partial charge in [-0.3, -0.25) is 9.59 Å². The maximum atomic E-state index is 12.3. The van der Waals surface area contributed by atoms with Gasteiger partial charge in [-0.1, -0.05) is 19.8 Å². The van der Waals surface area contributed by atoms with Crippen molar-refractivity contribution in [3.05, 3.63) is 29.8 Å². The summed E-state index contributed by atoms with van der Waals surface area (Å²) in [5, 5.41) is 5.93. The Balaban J connectivity index is 1.61. The molecule has 0 aromatic heterocycles. The van der Waals surface area contributed by atoms with Crippen molar-refractivity contribution in [2.45, 2.75) is 51.5 Å². The predicted octanol–water partition coefficient (Wildman–Crippen LogP) is 3.10. The van der Waals surface area contributed by atoms with Gasteiger partial charge in [-0.05, 0) is 49.9 Å². The van der Waals surface area contributed by atoms with Gasteiger partial charge in [-0.2, -0.15) is 0 Å². The molecule has 2 aliphatic rings. The van der Waals surface area contributed by atoms with Crippen LogP contribution in [0.1, 0.15) is 55.8 Å². The summed E-state index contributed by atoms with van der Waals surface area (Å²) in [5.41, 5.74) is 1.17. The van der Waals surface area contributed by atoms with Crippen LogP contribution >= 0.6 is 0 Å². The topological polar surface area (TPSA) is 58.2 Å². The maximum absolute atomic E-state index is 12.3. The van der Waals surface area contributed by atoms with Crippen LogP contribution in [-0.4, -0.2) is 17.9 Å². The van der Waals surface area contributed by atoms with Gasteiger partial charge in [0.2, 0.25) is 5.91 Å². The van der Waals surface area contributed by atoms with Gasteiger partial charge in [0, 0.05) is 22.7 Å². The maximum Gasteiger partial charge on any atom is 0.251 e. The predicted molar refractivity (Wildman–Crippen MR) is 82.1 cm³/mol. The fourth-order valence-corrected chi connectivity index (χ4v) is 2.87. The Morgan fingerprint density at radius 2 is 1.71 bits per heavy atom. The van der Waals surface area contributed by atoms with E-state index >= 15 is 0 Å². The lowest BCUT2D eigenvalue weighted by Gasteiger charge is -2.22. The lowest BCUT2D eigenvalue weighted by atomic mass is 9.88. The van der Waals surface area contributed by atoms with E-state index in [-0.39, 0.29) is 17.2 Å². The summed E-state index contributed by atoms with van der Waals surface area (Å²) < 4.78 is 0. The molecule has 4 heteroatoms. The van der Waals surface area contributed by atoms with E-state index in [1.807, 2.05) is 6.92 Å². The second-order valence-electron chi connectivity index (χ2n) is 6.55. The highest BCUT2D eigenvalue weighted by Crippen LogP contribution is 2.38. The molecule has 2 saturated carbocycles. The molecule has 0 saturated heterocycles. The first kappa shape index (κ1) is 14.1. The minimum Gasteiger partial charge on any atom is -0.349 e. The quantitative estimate of drug-likeness (QED) is 0.893. The van der Waals surface area contributed by atoms with Gasteiger partial charge in [0.15, 0.2) is 0 Å². The zero-order valence-electron chi connectivity index (χ0n) is 12.4. The molecule has 21 heavy (non-hydrogen) atoms. The van der Waals surface area contributed by atoms with E-state index in [0.717, 1.165) is 44.2 Å². The molecule has 0 atom stereocenters. The SMILES string of the molecule is CC1(C(=O)Nc2ccc(C(=O)NC3CC3)cc2)CCCC1. The number of benzene rings is 1. The molecule has 3 rings (SSSR count). The molecule has 1 aromatic rings. The molecular formula is C17H22N2O2. The highest BCUT2D eigenvalue weighted by atomic mass is 16.2. The van der Waals surface area contributed by atoms with Gasteiger partial charge in [0.25, 0.3) is 5.91 Å². The fraction of sp³-hybridized carbons (Fsp3) is 0.529. The van der Waals surface area contributed by atoms with E-state index in [1.54, 1.807) is 24.3 Å². The number of rotatable bonds is 4. The minimum absolute atomic E-state index is 0.0295. The first-order valence-corrected chi connectivity index (χ1v) is 7.79. The number of carbonyl (C=O) groups is 2. The number of hydrogen-bond acceptors (Lipinski definition) is 2. The molecule has 0 spiro atoms. The standard InChI is InChI=1S/C17H22N2O2/c1-17(10-2-3-11-17)16(21)19-14-6-4-12(5-7-14)15(20)18-13-8-9-13/h4-7,13H,2-3,8-11H2,1H3,(H,18,20)(H,19,21). The lowest BCUT2D eigenvalue weighted by molar-refractivity contribution is -0.124. The molecule has 2 fully saturated rings. The molecule has 0 aliphatic heterocycles. The summed E-state index contributed by atoms with van der Waals surface area (Å²) >= 11 is 0. The van der Waals surface area contributed by atoms with Crippen LogP contribution in [0.15, 0.2) is 24.3 Å². The van der Waals surface area contributed by atoms with Gasteiger partial charge in [-0.15, -0.1) is 0 Å². The first-order valence-electron chi connectivity index (χ1n) is 7.79. The third-order valence-electron chi connectivity index (χ3n) is 4.57. The monoisotopic (exact) mass is 286 g/mol. The molecule has 0 unspecified atom stereocenters. The molecule has 4 nitrogen and oxygen atoms in total. The summed E-state index contributed by atoms with van der Waals surface area (Å²) in [4.78, 5) is 24.2. The van der Waals surface area contributed by atoms with Crippen LogP contribution in [0.4, 0.5) is 5.69 Å². The third-order valence-corrected chi connectivity index (χ3v) is 4.57. The second kappa shape index (κ2) is 5.51. The summed E-state index contributed by atoms with van der Waals surface area (Å²) in [6.07, 6.45) is 6.34. The van der Waals surface area contributed by atoms with Crippen LogP contribution in [0.5, 0.6) is 0 Å². The van der Waals surface area contributed by atoms with Crippen molar-refractivity contribution in [1.29, 1.82) is 0 Å². The smallest absolute Gasteiger partial charge is 0.251 e. The van der Waals surface area contributed by atoms with Crippen LogP contribution < -0.4 is 10.6 Å². The fourth-order valence-electron chi connectivity index (χ4n) is 2.87. The van der Waals surface area contributed by atoms with Crippen molar-refractivity contribution in [2.75, 3.05) is 5.32 Å². The molecular weight excluding hydrogens is 264 g/mol. The molecule has 0 heterocycles. The van der Waals surface area contributed by atoms with E-state index in [0.29, 0.717) is 11.6 Å². The van der Waals surface area contributed by atoms with Crippen molar-refractivity contribution in [2.24, 2.45) is 5.41 Å². The van der Waals surface area contributed by atoms with Crippen LogP contribution in [0.25, 0.3) is 0 Å². The van der Waals surface area contributed by atoms with Crippen molar-refractivity contribution in [1.82, 2.24) is 5.32 Å². The highest BCUT2D eigenvalue weighted by molar-refractivity contribution is 5.97. The van der Waals surface area contributed by atoms with Gasteiger partial charge in [0.1, 0.15) is 0 Å². The van der Waals surface area contributed by atoms with E-state index in [9.17, 15) is 9.59 Å². The summed E-state index contributed by atoms with van der Waals surface area (Å²) in [5.74, 6) is 0.0633. The molecule has 112 valence electrons. The summed E-state index contributed by atoms with van der Waals surface area (Å²) in [6.45, 7) is 2.03. The van der Waals surface area contributed by atoms with Crippen molar-refractivity contribution < 1.29 is 9.59 Å². The molecule has 1 aromatic carbocycles. The van der Waals surface area contributed by atoms with E-state index in [1.165, 1.54) is 0 Å². The van der Waals surface area contributed by atoms with E-state index in [4.69, 9.17) is 0 Å². The molecule has 2 aliphatic carbocycles. The molecule has 0 bridgehead atoms. The normalized spacial score (nSPS) is 20.0. The van der Waals surface area contributed by atoms with Crippen molar-refractivity contribution in [3.8, 4) is 0 Å².